The van der Waals surface area contributed by atoms with Crippen molar-refractivity contribution in [3.63, 3.8) is 0 Å². The fraction of sp³-hybridized carbons (Fsp3) is 0.207. The fourth-order valence-electron chi connectivity index (χ4n) is 4.79. The number of aliphatic imine (C=N–C) groups is 1. The number of halogens is 3. The number of amides is 2. The number of carbonyl (C=O) groups excluding carboxylic acids is 2. The van der Waals surface area contributed by atoms with Crippen molar-refractivity contribution >= 4 is 40.7 Å². The summed E-state index contributed by atoms with van der Waals surface area (Å²) in [6.45, 7) is 2.62. The molecule has 1 unspecified atom stereocenters. The van der Waals surface area contributed by atoms with E-state index in [2.05, 4.69) is 4.99 Å². The van der Waals surface area contributed by atoms with E-state index in [0.717, 1.165) is 29.7 Å². The monoisotopic (exact) mass is 503 g/mol. The second-order valence-electron chi connectivity index (χ2n) is 8.83. The first-order valence-electron chi connectivity index (χ1n) is 12.0. The molecule has 2 aliphatic rings. The molecule has 2 amide bonds. The summed E-state index contributed by atoms with van der Waals surface area (Å²) in [6.07, 6.45) is -0.00906. The third kappa shape index (κ3) is 4.55. The van der Waals surface area contributed by atoms with Crippen LogP contribution in [0.15, 0.2) is 83.9 Å². The predicted molar refractivity (Wildman–Crippen MR) is 138 cm³/mol. The molecule has 8 heteroatoms. The van der Waals surface area contributed by atoms with Crippen LogP contribution in [0.1, 0.15) is 36.0 Å². The van der Waals surface area contributed by atoms with Gasteiger partial charge in [0, 0.05) is 25.0 Å². The second-order valence-corrected chi connectivity index (χ2v) is 8.83. The summed E-state index contributed by atoms with van der Waals surface area (Å²) < 4.78 is 41.1. The lowest BCUT2D eigenvalue weighted by molar-refractivity contribution is -0.137. The number of anilines is 3. The summed E-state index contributed by atoms with van der Waals surface area (Å²) in [7, 11) is 0. The highest BCUT2D eigenvalue weighted by Crippen LogP contribution is 2.44. The number of hydrogen-bond donors (Lipinski definition) is 0. The molecule has 0 N–H and O–H groups in total. The van der Waals surface area contributed by atoms with Gasteiger partial charge in [0.1, 0.15) is 5.92 Å². The van der Waals surface area contributed by atoms with Crippen LogP contribution in [0.3, 0.4) is 0 Å². The third-order valence-electron chi connectivity index (χ3n) is 6.55. The number of alkyl halides is 3. The van der Waals surface area contributed by atoms with Crippen LogP contribution in [0.5, 0.6) is 0 Å². The standard InChI is InChI=1S/C29H24F3N3O2/c1-2-34-24-14-13-22(29(30,31)32)17-25(24)35(23-11-4-3-5-12-23)28(37)26(27(34)36)20-9-6-8-19(16-20)21-10-7-15-33-18-21/h3-6,8-14,16-18,26H,2,7,15H2,1H3. The van der Waals surface area contributed by atoms with Crippen LogP contribution >= 0.6 is 0 Å². The Morgan fingerprint density at radius 2 is 1.70 bits per heavy atom. The van der Waals surface area contributed by atoms with Crippen molar-refractivity contribution in [3.8, 4) is 0 Å². The molecule has 188 valence electrons. The van der Waals surface area contributed by atoms with Crippen LogP contribution in [-0.2, 0) is 15.8 Å². The largest absolute Gasteiger partial charge is 0.416 e. The highest BCUT2D eigenvalue weighted by molar-refractivity contribution is 6.23. The van der Waals surface area contributed by atoms with Gasteiger partial charge >= 0.3 is 6.18 Å². The second kappa shape index (κ2) is 9.69. The number of dihydropyridines is 1. The number of benzene rings is 3. The van der Waals surface area contributed by atoms with E-state index >= 15 is 0 Å². The summed E-state index contributed by atoms with van der Waals surface area (Å²) in [5.41, 5.74) is 1.93. The number of hydrogen-bond acceptors (Lipinski definition) is 3. The number of likely N-dealkylation sites (N-methyl/N-ethyl adjacent to an activating group) is 1. The molecule has 0 spiro atoms. The molecule has 0 fully saturated rings. The summed E-state index contributed by atoms with van der Waals surface area (Å²) in [6, 6.07) is 18.7. The van der Waals surface area contributed by atoms with Crippen molar-refractivity contribution in [3.05, 3.63) is 95.6 Å². The van der Waals surface area contributed by atoms with Crippen LogP contribution in [-0.4, -0.2) is 31.1 Å². The van der Waals surface area contributed by atoms with E-state index in [0.29, 0.717) is 17.8 Å². The minimum atomic E-state index is -4.61. The Morgan fingerprint density at radius 3 is 2.38 bits per heavy atom. The number of allylic oxidation sites excluding steroid dienone is 1. The normalized spacial score (nSPS) is 17.9. The SMILES string of the molecule is CCN1C(=O)C(c2cccc(C3=CCCN=C3)c2)C(=O)N(c2ccccc2)c2cc(C(F)(F)F)ccc21. The smallest absolute Gasteiger partial charge is 0.310 e. The Kier molecular flexibility index (Phi) is 6.41. The maximum atomic E-state index is 14.2. The third-order valence-corrected chi connectivity index (χ3v) is 6.55. The van der Waals surface area contributed by atoms with Crippen molar-refractivity contribution in [1.82, 2.24) is 0 Å². The van der Waals surface area contributed by atoms with Gasteiger partial charge < -0.3 is 4.90 Å². The van der Waals surface area contributed by atoms with Gasteiger partial charge in [0.2, 0.25) is 11.8 Å². The molecular weight excluding hydrogens is 479 g/mol. The molecule has 1 atom stereocenters. The van der Waals surface area contributed by atoms with E-state index in [1.54, 1.807) is 61.7 Å². The molecule has 0 bridgehead atoms. The van der Waals surface area contributed by atoms with Gasteiger partial charge in [-0.1, -0.05) is 42.5 Å². The zero-order valence-corrected chi connectivity index (χ0v) is 20.1. The van der Waals surface area contributed by atoms with E-state index in [1.165, 1.54) is 15.9 Å². The molecular formula is C29H24F3N3O2. The molecule has 5 rings (SSSR count). The summed E-state index contributed by atoms with van der Waals surface area (Å²) in [5.74, 6) is -2.35. The maximum Gasteiger partial charge on any atom is 0.416 e. The van der Waals surface area contributed by atoms with Gasteiger partial charge in [-0.3, -0.25) is 19.5 Å². The molecule has 0 saturated heterocycles. The van der Waals surface area contributed by atoms with Gasteiger partial charge in [0.15, 0.2) is 0 Å². The van der Waals surface area contributed by atoms with E-state index in [4.69, 9.17) is 0 Å². The van der Waals surface area contributed by atoms with Gasteiger partial charge in [0.05, 0.1) is 16.9 Å². The van der Waals surface area contributed by atoms with Crippen LogP contribution in [0.4, 0.5) is 30.2 Å². The number of para-hydroxylation sites is 1. The van der Waals surface area contributed by atoms with Crippen LogP contribution in [0.2, 0.25) is 0 Å². The Morgan fingerprint density at radius 1 is 0.919 bits per heavy atom. The van der Waals surface area contributed by atoms with E-state index in [-0.39, 0.29) is 17.9 Å². The Labute approximate surface area is 212 Å². The molecule has 37 heavy (non-hydrogen) atoms. The summed E-state index contributed by atoms with van der Waals surface area (Å²) in [5, 5.41) is 0. The molecule has 2 aliphatic heterocycles. The summed E-state index contributed by atoms with van der Waals surface area (Å²) in [4.78, 5) is 35.0. The molecule has 2 heterocycles. The summed E-state index contributed by atoms with van der Waals surface area (Å²) >= 11 is 0. The number of fused-ring (bicyclic) bond motifs is 1. The zero-order chi connectivity index (χ0) is 26.2. The fourth-order valence-corrected chi connectivity index (χ4v) is 4.79. The Hall–Kier alpha value is -4.20. The van der Waals surface area contributed by atoms with Crippen LogP contribution in [0, 0.1) is 0 Å². The van der Waals surface area contributed by atoms with E-state index in [1.807, 2.05) is 12.1 Å². The first kappa shape index (κ1) is 24.5. The van der Waals surface area contributed by atoms with Crippen LogP contribution < -0.4 is 9.80 Å². The number of nitrogens with zero attached hydrogens (tertiary/aromatic N) is 3. The molecule has 3 aromatic rings. The van der Waals surface area contributed by atoms with Crippen molar-refractivity contribution in [2.45, 2.75) is 25.4 Å². The highest BCUT2D eigenvalue weighted by Gasteiger charge is 2.43. The minimum absolute atomic E-state index is 0.0157. The predicted octanol–water partition coefficient (Wildman–Crippen LogP) is 6.38. The molecule has 0 saturated carbocycles. The quantitative estimate of drug-likeness (QED) is 0.388. The van der Waals surface area contributed by atoms with E-state index in [9.17, 15) is 22.8 Å². The average molecular weight is 504 g/mol. The Balaban J connectivity index is 1.71. The minimum Gasteiger partial charge on any atom is -0.310 e. The highest BCUT2D eigenvalue weighted by atomic mass is 19.4. The lowest BCUT2D eigenvalue weighted by atomic mass is 9.92. The van der Waals surface area contributed by atoms with Crippen molar-refractivity contribution in [2.75, 3.05) is 22.9 Å². The van der Waals surface area contributed by atoms with Gasteiger partial charge in [-0.2, -0.15) is 13.2 Å². The molecule has 3 aromatic carbocycles. The molecule has 5 nitrogen and oxygen atoms in total. The lowest BCUT2D eigenvalue weighted by Crippen LogP contribution is -2.39. The topological polar surface area (TPSA) is 53.0 Å². The zero-order valence-electron chi connectivity index (χ0n) is 20.1. The maximum absolute atomic E-state index is 14.2. The van der Waals surface area contributed by atoms with Crippen molar-refractivity contribution in [1.29, 1.82) is 0 Å². The Bertz CT molecular complexity index is 1410. The van der Waals surface area contributed by atoms with Gasteiger partial charge in [0.25, 0.3) is 0 Å². The number of carbonyl (C=O) groups is 2. The lowest BCUT2D eigenvalue weighted by Gasteiger charge is -2.26. The number of rotatable bonds is 4. The molecule has 0 aromatic heterocycles. The van der Waals surface area contributed by atoms with Gasteiger partial charge in [-0.25, -0.2) is 0 Å². The van der Waals surface area contributed by atoms with E-state index < -0.39 is 29.5 Å². The van der Waals surface area contributed by atoms with Gasteiger partial charge in [-0.05, 0) is 66.4 Å². The average Bonchev–Trinajstić information content (AvgIpc) is 2.99. The first-order valence-corrected chi connectivity index (χ1v) is 12.0. The van der Waals surface area contributed by atoms with Gasteiger partial charge in [-0.15, -0.1) is 0 Å². The molecule has 0 aliphatic carbocycles. The first-order chi connectivity index (χ1) is 17.8. The van der Waals surface area contributed by atoms with Crippen LogP contribution in [0.25, 0.3) is 5.57 Å². The molecule has 0 radical (unpaired) electrons. The van der Waals surface area contributed by atoms with Crippen molar-refractivity contribution < 1.29 is 22.8 Å². The van der Waals surface area contributed by atoms with Crippen molar-refractivity contribution in [2.24, 2.45) is 4.99 Å².